The van der Waals surface area contributed by atoms with Gasteiger partial charge in [0.05, 0.1) is 4.88 Å². The molecule has 172 valence electrons. The van der Waals surface area contributed by atoms with Gasteiger partial charge in [0.15, 0.2) is 0 Å². The van der Waals surface area contributed by atoms with E-state index in [1.165, 1.54) is 84.3 Å². The van der Waals surface area contributed by atoms with Gasteiger partial charge in [-0.2, -0.15) is 0 Å². The zero-order valence-electron chi connectivity index (χ0n) is 20.3. The summed E-state index contributed by atoms with van der Waals surface area (Å²) in [5.74, 6) is 6.81. The normalized spacial score (nSPS) is 11.5. The molecule has 0 nitrogen and oxygen atoms in total. The molecule has 0 saturated heterocycles. The van der Waals surface area contributed by atoms with Crippen molar-refractivity contribution < 1.29 is 0 Å². The number of hydrogen-bond donors (Lipinski definition) is 0. The van der Waals surface area contributed by atoms with Crippen LogP contribution >= 0.6 is 22.7 Å². The Kier molecular flexibility index (Phi) is 6.06. The van der Waals surface area contributed by atoms with Crippen LogP contribution in [0.3, 0.4) is 0 Å². The van der Waals surface area contributed by atoms with E-state index in [0.717, 1.165) is 10.4 Å². The summed E-state index contributed by atoms with van der Waals surface area (Å²) in [5, 5.41) is 7.88. The lowest BCUT2D eigenvalue weighted by Gasteiger charge is -2.02. The van der Waals surface area contributed by atoms with Gasteiger partial charge in [0.2, 0.25) is 0 Å². The maximum Gasteiger partial charge on any atom is 0.0775 e. The Hall–Kier alpha value is -3.12. The molecule has 0 aliphatic rings. The summed E-state index contributed by atoms with van der Waals surface area (Å²) in [7, 11) is 0. The van der Waals surface area contributed by atoms with E-state index in [1.807, 2.05) is 22.7 Å². The molecular weight excluding hydrogens is 460 g/mol. The lowest BCUT2D eigenvalue weighted by atomic mass is 10.0. The third-order valence-corrected chi connectivity index (χ3v) is 8.99. The summed E-state index contributed by atoms with van der Waals surface area (Å²) in [4.78, 5) is 2.62. The number of rotatable bonds is 5. The number of fused-ring (bicyclic) bond motifs is 5. The van der Waals surface area contributed by atoms with E-state index in [0.29, 0.717) is 0 Å². The van der Waals surface area contributed by atoms with Crippen molar-refractivity contribution in [2.45, 2.75) is 46.0 Å². The molecule has 0 N–H and O–H groups in total. The maximum absolute atomic E-state index is 3.41. The van der Waals surface area contributed by atoms with Crippen LogP contribution in [0.5, 0.6) is 0 Å². The summed E-state index contributed by atoms with van der Waals surface area (Å²) in [5.41, 5.74) is 2.39. The summed E-state index contributed by atoms with van der Waals surface area (Å²) < 4.78 is 2.70. The Morgan fingerprint density at radius 1 is 0.629 bits per heavy atom. The fourth-order valence-corrected chi connectivity index (χ4v) is 6.97. The largest absolute Gasteiger partial charge is 0.135 e. The molecule has 0 saturated carbocycles. The molecule has 2 aromatic heterocycles. The van der Waals surface area contributed by atoms with Crippen molar-refractivity contribution in [2.24, 2.45) is 0 Å². The molecule has 0 amide bonds. The van der Waals surface area contributed by atoms with E-state index >= 15 is 0 Å². The van der Waals surface area contributed by atoms with Crippen molar-refractivity contribution in [3.05, 3.63) is 93.7 Å². The van der Waals surface area contributed by atoms with Crippen LogP contribution in [-0.2, 0) is 6.42 Å². The molecule has 0 radical (unpaired) electrons. The molecule has 0 bridgehead atoms. The van der Waals surface area contributed by atoms with Crippen LogP contribution in [0.4, 0.5) is 0 Å². The van der Waals surface area contributed by atoms with Gasteiger partial charge in [-0.15, -0.1) is 22.7 Å². The van der Waals surface area contributed by atoms with Crippen molar-refractivity contribution in [3.8, 4) is 11.8 Å². The van der Waals surface area contributed by atoms with Gasteiger partial charge in [0, 0.05) is 30.6 Å². The average molecular weight is 489 g/mol. The minimum atomic E-state index is 1.08. The fraction of sp³-hybridized carbons (Fsp3) is 0.212. The van der Waals surface area contributed by atoms with Crippen LogP contribution in [0, 0.1) is 18.8 Å². The summed E-state index contributed by atoms with van der Waals surface area (Å²) >= 11 is 3.74. The quantitative estimate of drug-likeness (QED) is 0.167. The monoisotopic (exact) mass is 488 g/mol. The summed E-state index contributed by atoms with van der Waals surface area (Å²) in [6.07, 6.45) is 6.43. The van der Waals surface area contributed by atoms with Crippen molar-refractivity contribution in [2.75, 3.05) is 0 Å². The minimum Gasteiger partial charge on any atom is -0.135 e. The standard InChI is InChI=1S/C33H28S2/c1-3-4-5-6-7-28-14-15-29(34-28)13-10-23-9-12-25-19-31-30-18-24-11-8-22(2)16-26(24)20-32(30)35-33(31)21-27(25)17-23/h8-9,11-12,14-21H,3-7H2,1-2H3. The molecule has 35 heavy (non-hydrogen) atoms. The molecule has 2 heteroatoms. The third kappa shape index (κ3) is 4.59. The molecule has 0 aliphatic carbocycles. The summed E-state index contributed by atoms with van der Waals surface area (Å²) in [6.45, 7) is 4.42. The van der Waals surface area contributed by atoms with E-state index in [1.54, 1.807) is 0 Å². The predicted molar refractivity (Wildman–Crippen MR) is 157 cm³/mol. The number of benzene rings is 4. The van der Waals surface area contributed by atoms with Crippen molar-refractivity contribution in [1.29, 1.82) is 0 Å². The second-order valence-electron chi connectivity index (χ2n) is 9.54. The number of hydrogen-bond acceptors (Lipinski definition) is 2. The third-order valence-electron chi connectivity index (χ3n) is 6.81. The number of unbranched alkanes of at least 4 members (excludes halogenated alkanes) is 3. The second-order valence-corrected chi connectivity index (χ2v) is 11.8. The van der Waals surface area contributed by atoms with E-state index in [9.17, 15) is 0 Å². The Morgan fingerprint density at radius 2 is 1.37 bits per heavy atom. The first kappa shape index (κ1) is 22.4. The minimum absolute atomic E-state index is 1.08. The van der Waals surface area contributed by atoms with E-state index in [-0.39, 0.29) is 0 Å². The van der Waals surface area contributed by atoms with Crippen LogP contribution in [0.2, 0.25) is 0 Å². The molecule has 2 heterocycles. The van der Waals surface area contributed by atoms with Gasteiger partial charge in [0.25, 0.3) is 0 Å². The lowest BCUT2D eigenvalue weighted by Crippen LogP contribution is -1.80. The zero-order chi connectivity index (χ0) is 23.8. The molecule has 0 spiro atoms. The highest BCUT2D eigenvalue weighted by atomic mass is 32.1. The maximum atomic E-state index is 3.41. The highest BCUT2D eigenvalue weighted by Gasteiger charge is 2.09. The second kappa shape index (κ2) is 9.50. The number of aryl methyl sites for hydroxylation is 2. The van der Waals surface area contributed by atoms with Gasteiger partial charge in [-0.25, -0.2) is 0 Å². The predicted octanol–water partition coefficient (Wildman–Crippen LogP) is 10.3. The van der Waals surface area contributed by atoms with Crippen molar-refractivity contribution >= 4 is 64.4 Å². The molecule has 0 atom stereocenters. The van der Waals surface area contributed by atoms with Gasteiger partial charge in [-0.1, -0.05) is 67.9 Å². The molecule has 6 rings (SSSR count). The highest BCUT2D eigenvalue weighted by Crippen LogP contribution is 2.38. The molecule has 0 unspecified atom stereocenters. The smallest absolute Gasteiger partial charge is 0.0775 e. The van der Waals surface area contributed by atoms with Crippen molar-refractivity contribution in [1.82, 2.24) is 0 Å². The topological polar surface area (TPSA) is 0 Å². The van der Waals surface area contributed by atoms with Gasteiger partial charge in [0.1, 0.15) is 0 Å². The van der Waals surface area contributed by atoms with E-state index < -0.39 is 0 Å². The highest BCUT2D eigenvalue weighted by molar-refractivity contribution is 7.26. The lowest BCUT2D eigenvalue weighted by molar-refractivity contribution is 0.670. The molecule has 0 aliphatic heterocycles. The van der Waals surface area contributed by atoms with Crippen molar-refractivity contribution in [3.63, 3.8) is 0 Å². The summed E-state index contributed by atoms with van der Waals surface area (Å²) in [6, 6.07) is 27.2. The van der Waals surface area contributed by atoms with E-state index in [4.69, 9.17) is 0 Å². The Labute approximate surface area is 215 Å². The van der Waals surface area contributed by atoms with Crippen LogP contribution < -0.4 is 0 Å². The van der Waals surface area contributed by atoms with Gasteiger partial charge >= 0.3 is 0 Å². The first-order valence-corrected chi connectivity index (χ1v) is 14.2. The fourth-order valence-electron chi connectivity index (χ4n) is 4.90. The Balaban J connectivity index is 1.31. The van der Waals surface area contributed by atoms with Crippen LogP contribution in [-0.4, -0.2) is 0 Å². The van der Waals surface area contributed by atoms with E-state index in [2.05, 4.69) is 98.5 Å². The van der Waals surface area contributed by atoms with Gasteiger partial charge in [-0.3, -0.25) is 0 Å². The molecular formula is C33H28S2. The molecule has 0 fully saturated rings. The SMILES string of the molecule is CCCCCCc1ccc(C#Cc2ccc3cc4c(cc3c2)sc2cc3cc(C)ccc3cc24)s1. The Morgan fingerprint density at radius 3 is 2.14 bits per heavy atom. The zero-order valence-corrected chi connectivity index (χ0v) is 21.9. The van der Waals surface area contributed by atoms with Crippen LogP contribution in [0.15, 0.2) is 72.8 Å². The van der Waals surface area contributed by atoms with Crippen LogP contribution in [0.1, 0.15) is 53.5 Å². The first-order valence-electron chi connectivity index (χ1n) is 12.6. The van der Waals surface area contributed by atoms with Gasteiger partial charge in [-0.05, 0) is 89.8 Å². The van der Waals surface area contributed by atoms with Crippen LogP contribution in [0.25, 0.3) is 41.7 Å². The molecule has 4 aromatic carbocycles. The first-order chi connectivity index (χ1) is 17.2. The Bertz CT molecular complexity index is 1750. The van der Waals surface area contributed by atoms with Gasteiger partial charge < -0.3 is 0 Å². The average Bonchev–Trinajstić information content (AvgIpc) is 3.46. The molecule has 6 aromatic rings. The number of thiophene rings is 2.